The average molecular weight is 338 g/mol. The van der Waals surface area contributed by atoms with E-state index in [2.05, 4.69) is 4.98 Å². The molecule has 21 heavy (non-hydrogen) atoms. The lowest BCUT2D eigenvalue weighted by atomic mass is 9.93. The summed E-state index contributed by atoms with van der Waals surface area (Å²) in [4.78, 5) is 17.8. The number of likely N-dealkylation sites (N-methyl/N-ethyl adjacent to an activating group) is 1. The molecule has 0 aromatic carbocycles. The van der Waals surface area contributed by atoms with Crippen molar-refractivity contribution in [1.82, 2.24) is 9.88 Å². The molecule has 7 heteroatoms. The highest BCUT2D eigenvalue weighted by Crippen LogP contribution is 2.16. The lowest BCUT2D eigenvalue weighted by Crippen LogP contribution is -2.44. The first-order valence-corrected chi connectivity index (χ1v) is 6.37. The number of hydrogen-bond acceptors (Lipinski definition) is 4. The summed E-state index contributed by atoms with van der Waals surface area (Å²) in [6.45, 7) is 6.93. The fourth-order valence-electron chi connectivity index (χ4n) is 1.77. The second kappa shape index (κ2) is 9.82. The SMILES string of the molecule is CC(Oc1cccnc1)C(=O)N(C)CC(C)(C)CN.Cl.Cl. The van der Waals surface area contributed by atoms with Crippen LogP contribution in [0.3, 0.4) is 0 Å². The Morgan fingerprint density at radius 3 is 2.57 bits per heavy atom. The fourth-order valence-corrected chi connectivity index (χ4v) is 1.77. The molecule has 0 aliphatic heterocycles. The van der Waals surface area contributed by atoms with Gasteiger partial charge in [0.1, 0.15) is 5.75 Å². The van der Waals surface area contributed by atoms with Crippen LogP contribution in [0.15, 0.2) is 24.5 Å². The van der Waals surface area contributed by atoms with E-state index in [0.717, 1.165) is 0 Å². The van der Waals surface area contributed by atoms with Crippen molar-refractivity contribution in [2.45, 2.75) is 26.9 Å². The highest BCUT2D eigenvalue weighted by Gasteiger charge is 2.25. The van der Waals surface area contributed by atoms with E-state index in [9.17, 15) is 4.79 Å². The summed E-state index contributed by atoms with van der Waals surface area (Å²) in [6, 6.07) is 3.55. The number of nitrogens with zero attached hydrogens (tertiary/aromatic N) is 2. The second-order valence-corrected chi connectivity index (χ2v) is 5.51. The number of hydrogen-bond donors (Lipinski definition) is 1. The minimum atomic E-state index is -0.539. The zero-order valence-electron chi connectivity index (χ0n) is 12.9. The van der Waals surface area contributed by atoms with Crippen molar-refractivity contribution in [2.75, 3.05) is 20.1 Å². The molecule has 1 aromatic rings. The summed E-state index contributed by atoms with van der Waals surface area (Å²) in [5.41, 5.74) is 5.58. The van der Waals surface area contributed by atoms with Crippen LogP contribution in [-0.4, -0.2) is 42.0 Å². The molecule has 0 spiro atoms. The van der Waals surface area contributed by atoms with Gasteiger partial charge < -0.3 is 15.4 Å². The molecule has 122 valence electrons. The van der Waals surface area contributed by atoms with Crippen LogP contribution in [0.25, 0.3) is 0 Å². The molecule has 2 N–H and O–H groups in total. The molecule has 0 saturated carbocycles. The molecular formula is C14H25Cl2N3O2. The number of carbonyl (C=O) groups is 1. The van der Waals surface area contributed by atoms with Crippen molar-refractivity contribution >= 4 is 30.7 Å². The predicted molar refractivity (Wildman–Crippen MR) is 89.3 cm³/mol. The molecule has 0 fully saturated rings. The number of aromatic nitrogens is 1. The monoisotopic (exact) mass is 337 g/mol. The van der Waals surface area contributed by atoms with Crippen LogP contribution in [0.2, 0.25) is 0 Å². The third kappa shape index (κ3) is 7.50. The van der Waals surface area contributed by atoms with Gasteiger partial charge in [0.25, 0.3) is 5.91 Å². The normalized spacial score (nSPS) is 11.7. The van der Waals surface area contributed by atoms with Crippen LogP contribution in [0.1, 0.15) is 20.8 Å². The van der Waals surface area contributed by atoms with Gasteiger partial charge in [0.05, 0.1) is 6.20 Å². The molecule has 1 amide bonds. The van der Waals surface area contributed by atoms with Crippen molar-refractivity contribution in [3.8, 4) is 5.75 Å². The van der Waals surface area contributed by atoms with Gasteiger partial charge in [0.2, 0.25) is 0 Å². The number of pyridine rings is 1. The van der Waals surface area contributed by atoms with Crippen LogP contribution in [-0.2, 0) is 4.79 Å². The van der Waals surface area contributed by atoms with Crippen LogP contribution in [0, 0.1) is 5.41 Å². The van der Waals surface area contributed by atoms with Crippen molar-refractivity contribution < 1.29 is 9.53 Å². The van der Waals surface area contributed by atoms with Gasteiger partial charge in [0.15, 0.2) is 6.10 Å². The van der Waals surface area contributed by atoms with Crippen LogP contribution in [0.5, 0.6) is 5.75 Å². The Hall–Kier alpha value is -1.04. The molecule has 5 nitrogen and oxygen atoms in total. The van der Waals surface area contributed by atoms with Crippen molar-refractivity contribution in [3.05, 3.63) is 24.5 Å². The van der Waals surface area contributed by atoms with Crippen molar-refractivity contribution in [1.29, 1.82) is 0 Å². The van der Waals surface area contributed by atoms with E-state index in [1.54, 1.807) is 43.4 Å². The number of halogens is 2. The van der Waals surface area contributed by atoms with Gasteiger partial charge in [-0.15, -0.1) is 24.8 Å². The molecular weight excluding hydrogens is 313 g/mol. The molecule has 1 atom stereocenters. The second-order valence-electron chi connectivity index (χ2n) is 5.51. The standard InChI is InChI=1S/C14H23N3O2.2ClH/c1-11(19-12-6-5-7-16-8-12)13(18)17(4)10-14(2,3)9-15;;/h5-8,11H,9-10,15H2,1-4H3;2*1H. The Morgan fingerprint density at radius 1 is 1.48 bits per heavy atom. The maximum atomic E-state index is 12.2. The van der Waals surface area contributed by atoms with Crippen LogP contribution < -0.4 is 10.5 Å². The lowest BCUT2D eigenvalue weighted by molar-refractivity contribution is -0.137. The van der Waals surface area contributed by atoms with Crippen LogP contribution in [0.4, 0.5) is 0 Å². The van der Waals surface area contributed by atoms with E-state index < -0.39 is 6.10 Å². The first-order chi connectivity index (χ1) is 8.85. The van der Waals surface area contributed by atoms with E-state index >= 15 is 0 Å². The number of carbonyl (C=O) groups excluding carboxylic acids is 1. The van der Waals surface area contributed by atoms with Gasteiger partial charge in [0, 0.05) is 19.8 Å². The van der Waals surface area contributed by atoms with Gasteiger partial charge in [-0.2, -0.15) is 0 Å². The van der Waals surface area contributed by atoms with E-state index in [4.69, 9.17) is 10.5 Å². The van der Waals surface area contributed by atoms with Gasteiger partial charge >= 0.3 is 0 Å². The minimum absolute atomic E-state index is 0. The topological polar surface area (TPSA) is 68.5 Å². The Bertz CT molecular complexity index is 416. The highest BCUT2D eigenvalue weighted by atomic mass is 35.5. The number of ether oxygens (including phenoxy) is 1. The summed E-state index contributed by atoms with van der Waals surface area (Å²) in [5, 5.41) is 0. The Morgan fingerprint density at radius 2 is 2.10 bits per heavy atom. The first kappa shape index (κ1) is 22.2. The van der Waals surface area contributed by atoms with Gasteiger partial charge in [-0.3, -0.25) is 9.78 Å². The van der Waals surface area contributed by atoms with E-state index in [-0.39, 0.29) is 36.1 Å². The maximum absolute atomic E-state index is 12.2. The Labute approximate surface area is 139 Å². The molecule has 0 bridgehead atoms. The van der Waals surface area contributed by atoms with E-state index in [1.807, 2.05) is 13.8 Å². The third-order valence-electron chi connectivity index (χ3n) is 2.89. The van der Waals surface area contributed by atoms with E-state index in [0.29, 0.717) is 18.8 Å². The molecule has 0 saturated heterocycles. The summed E-state index contributed by atoms with van der Waals surface area (Å²) in [5.74, 6) is 0.528. The highest BCUT2D eigenvalue weighted by molar-refractivity contribution is 5.85. The molecule has 1 heterocycles. The molecule has 0 aliphatic carbocycles. The third-order valence-corrected chi connectivity index (χ3v) is 2.89. The Kier molecular flexibility index (Phi) is 10.4. The van der Waals surface area contributed by atoms with Gasteiger partial charge in [-0.1, -0.05) is 13.8 Å². The molecule has 1 unspecified atom stereocenters. The quantitative estimate of drug-likeness (QED) is 0.863. The fraction of sp³-hybridized carbons (Fsp3) is 0.571. The molecule has 0 aliphatic rings. The lowest BCUT2D eigenvalue weighted by Gasteiger charge is -2.30. The average Bonchev–Trinajstić information content (AvgIpc) is 2.38. The summed E-state index contributed by atoms with van der Waals surface area (Å²) < 4.78 is 5.56. The zero-order chi connectivity index (χ0) is 14.5. The van der Waals surface area contributed by atoms with Crippen molar-refractivity contribution in [3.63, 3.8) is 0 Å². The van der Waals surface area contributed by atoms with Gasteiger partial charge in [-0.05, 0) is 31.0 Å². The molecule has 1 rings (SSSR count). The van der Waals surface area contributed by atoms with Crippen LogP contribution >= 0.6 is 24.8 Å². The maximum Gasteiger partial charge on any atom is 0.263 e. The number of amides is 1. The Balaban J connectivity index is 0. The van der Waals surface area contributed by atoms with E-state index in [1.165, 1.54) is 0 Å². The molecule has 1 aromatic heterocycles. The summed E-state index contributed by atoms with van der Waals surface area (Å²) in [7, 11) is 1.77. The largest absolute Gasteiger partial charge is 0.479 e. The number of nitrogens with two attached hydrogens (primary N) is 1. The molecule has 0 radical (unpaired) electrons. The first-order valence-electron chi connectivity index (χ1n) is 6.37. The minimum Gasteiger partial charge on any atom is -0.479 e. The zero-order valence-corrected chi connectivity index (χ0v) is 14.5. The summed E-state index contributed by atoms with van der Waals surface area (Å²) in [6.07, 6.45) is 2.71. The summed E-state index contributed by atoms with van der Waals surface area (Å²) >= 11 is 0. The number of rotatable bonds is 6. The smallest absolute Gasteiger partial charge is 0.263 e. The van der Waals surface area contributed by atoms with Crippen molar-refractivity contribution in [2.24, 2.45) is 11.1 Å². The predicted octanol–water partition coefficient (Wildman–Crippen LogP) is 2.14. The van der Waals surface area contributed by atoms with Gasteiger partial charge in [-0.25, -0.2) is 0 Å².